The van der Waals surface area contributed by atoms with Crippen molar-refractivity contribution in [3.63, 3.8) is 0 Å². The van der Waals surface area contributed by atoms with Gasteiger partial charge in [0, 0.05) is 19.1 Å². The van der Waals surface area contributed by atoms with Gasteiger partial charge in [-0.1, -0.05) is 44.2 Å². The number of aliphatic hydroxyl groups is 1. The summed E-state index contributed by atoms with van der Waals surface area (Å²) in [4.78, 5) is 11.8. The van der Waals surface area contributed by atoms with E-state index >= 15 is 0 Å². The second kappa shape index (κ2) is 7.88. The number of aryl methyl sites for hydroxylation is 1. The van der Waals surface area contributed by atoms with Crippen molar-refractivity contribution in [1.82, 2.24) is 5.32 Å². The van der Waals surface area contributed by atoms with Crippen molar-refractivity contribution in [2.24, 2.45) is 5.92 Å². The Morgan fingerprint density at radius 3 is 2.50 bits per heavy atom. The summed E-state index contributed by atoms with van der Waals surface area (Å²) in [6.07, 6.45) is 1.88. The van der Waals surface area contributed by atoms with Gasteiger partial charge in [0.05, 0.1) is 0 Å². The summed E-state index contributed by atoms with van der Waals surface area (Å²) in [5, 5.41) is 11.9. The van der Waals surface area contributed by atoms with E-state index in [0.717, 1.165) is 6.42 Å². The zero-order chi connectivity index (χ0) is 13.4. The van der Waals surface area contributed by atoms with Gasteiger partial charge in [-0.2, -0.15) is 0 Å². The topological polar surface area (TPSA) is 49.3 Å². The minimum atomic E-state index is 0.0611. The number of hydrogen-bond acceptors (Lipinski definition) is 2. The second-order valence-corrected chi connectivity index (χ2v) is 4.92. The Balaban J connectivity index is 2.36. The van der Waals surface area contributed by atoms with Crippen molar-refractivity contribution < 1.29 is 9.90 Å². The minimum Gasteiger partial charge on any atom is -0.396 e. The van der Waals surface area contributed by atoms with Gasteiger partial charge in [-0.05, 0) is 24.3 Å². The maximum atomic E-state index is 11.8. The second-order valence-electron chi connectivity index (χ2n) is 4.92. The van der Waals surface area contributed by atoms with Gasteiger partial charge in [0.1, 0.15) is 0 Å². The Kier molecular flexibility index (Phi) is 6.44. The van der Waals surface area contributed by atoms with E-state index in [1.165, 1.54) is 5.56 Å². The van der Waals surface area contributed by atoms with Crippen molar-refractivity contribution in [3.05, 3.63) is 35.9 Å². The first kappa shape index (κ1) is 14.7. The Bertz CT molecular complexity index is 349. The lowest BCUT2D eigenvalue weighted by atomic mass is 10.0. The lowest BCUT2D eigenvalue weighted by molar-refractivity contribution is -0.122. The SMILES string of the molecule is CC(C)C(CCO)NC(=O)CCc1ccccc1. The minimum absolute atomic E-state index is 0.0611. The van der Waals surface area contributed by atoms with Crippen LogP contribution >= 0.6 is 0 Å². The monoisotopic (exact) mass is 249 g/mol. The number of rotatable bonds is 7. The van der Waals surface area contributed by atoms with Crippen LogP contribution in [0.25, 0.3) is 0 Å². The third-order valence-electron chi connectivity index (χ3n) is 3.07. The van der Waals surface area contributed by atoms with Crippen LogP contribution in [0.3, 0.4) is 0 Å². The van der Waals surface area contributed by atoms with Crippen molar-refractivity contribution in [2.45, 2.75) is 39.2 Å². The normalized spacial score (nSPS) is 12.4. The van der Waals surface area contributed by atoms with E-state index in [0.29, 0.717) is 18.8 Å². The summed E-state index contributed by atoms with van der Waals surface area (Å²) in [5.74, 6) is 0.406. The lowest BCUT2D eigenvalue weighted by Gasteiger charge is -2.21. The molecule has 18 heavy (non-hydrogen) atoms. The molecule has 1 amide bonds. The molecule has 100 valence electrons. The fourth-order valence-corrected chi connectivity index (χ4v) is 1.89. The molecule has 0 aliphatic carbocycles. The molecule has 0 heterocycles. The maximum absolute atomic E-state index is 11.8. The van der Waals surface area contributed by atoms with Crippen LogP contribution < -0.4 is 5.32 Å². The van der Waals surface area contributed by atoms with Gasteiger partial charge in [-0.15, -0.1) is 0 Å². The van der Waals surface area contributed by atoms with Gasteiger partial charge in [0.15, 0.2) is 0 Å². The van der Waals surface area contributed by atoms with E-state index in [9.17, 15) is 4.79 Å². The van der Waals surface area contributed by atoms with Gasteiger partial charge in [-0.25, -0.2) is 0 Å². The lowest BCUT2D eigenvalue weighted by Crippen LogP contribution is -2.39. The van der Waals surface area contributed by atoms with E-state index in [-0.39, 0.29) is 18.6 Å². The van der Waals surface area contributed by atoms with Gasteiger partial charge < -0.3 is 10.4 Å². The molecule has 0 radical (unpaired) electrons. The average Bonchev–Trinajstić information content (AvgIpc) is 2.37. The first-order valence-electron chi connectivity index (χ1n) is 6.57. The summed E-state index contributed by atoms with van der Waals surface area (Å²) in [7, 11) is 0. The Labute approximate surface area is 109 Å². The number of amides is 1. The fraction of sp³-hybridized carbons (Fsp3) is 0.533. The molecular weight excluding hydrogens is 226 g/mol. The highest BCUT2D eigenvalue weighted by Gasteiger charge is 2.15. The van der Waals surface area contributed by atoms with Crippen molar-refractivity contribution >= 4 is 5.91 Å². The predicted octanol–water partition coefficient (Wildman–Crippen LogP) is 2.14. The predicted molar refractivity (Wildman–Crippen MR) is 73.2 cm³/mol. The first-order valence-corrected chi connectivity index (χ1v) is 6.57. The zero-order valence-corrected chi connectivity index (χ0v) is 11.2. The molecule has 3 heteroatoms. The first-order chi connectivity index (χ1) is 8.63. The summed E-state index contributed by atoms with van der Waals surface area (Å²) >= 11 is 0. The maximum Gasteiger partial charge on any atom is 0.220 e. The number of nitrogens with one attached hydrogen (secondary N) is 1. The highest BCUT2D eigenvalue weighted by Crippen LogP contribution is 2.07. The summed E-state index contributed by atoms with van der Waals surface area (Å²) < 4.78 is 0. The van der Waals surface area contributed by atoms with Crippen LogP contribution in [-0.4, -0.2) is 23.7 Å². The van der Waals surface area contributed by atoms with Crippen molar-refractivity contribution in [3.8, 4) is 0 Å². The quantitative estimate of drug-likeness (QED) is 0.778. The molecule has 3 nitrogen and oxygen atoms in total. The molecule has 1 unspecified atom stereocenters. The number of aliphatic hydroxyl groups excluding tert-OH is 1. The third-order valence-corrected chi connectivity index (χ3v) is 3.07. The molecule has 2 N–H and O–H groups in total. The van der Waals surface area contributed by atoms with Gasteiger partial charge in [-0.3, -0.25) is 4.79 Å². The van der Waals surface area contributed by atoms with Crippen molar-refractivity contribution in [2.75, 3.05) is 6.61 Å². The highest BCUT2D eigenvalue weighted by atomic mass is 16.3. The largest absolute Gasteiger partial charge is 0.396 e. The van der Waals surface area contributed by atoms with Gasteiger partial charge >= 0.3 is 0 Å². The molecule has 0 aliphatic rings. The van der Waals surface area contributed by atoms with Crippen molar-refractivity contribution in [1.29, 1.82) is 0 Å². The number of carbonyl (C=O) groups is 1. The molecule has 1 atom stereocenters. The number of benzene rings is 1. The molecule has 0 saturated heterocycles. The van der Waals surface area contributed by atoms with E-state index < -0.39 is 0 Å². The Morgan fingerprint density at radius 1 is 1.28 bits per heavy atom. The van der Waals surface area contributed by atoms with Crippen LogP contribution in [0.5, 0.6) is 0 Å². The van der Waals surface area contributed by atoms with Crippen LogP contribution in [0.2, 0.25) is 0 Å². The average molecular weight is 249 g/mol. The van der Waals surface area contributed by atoms with E-state index in [1.807, 2.05) is 30.3 Å². The molecule has 0 aliphatic heterocycles. The molecule has 1 aromatic carbocycles. The van der Waals surface area contributed by atoms with Crippen LogP contribution in [0.1, 0.15) is 32.3 Å². The standard InChI is InChI=1S/C15H23NO2/c1-12(2)14(10-11-17)16-15(18)9-8-13-6-4-3-5-7-13/h3-7,12,14,17H,8-11H2,1-2H3,(H,16,18). The third kappa shape index (κ3) is 5.32. The molecule has 1 rings (SSSR count). The molecule has 0 aromatic heterocycles. The van der Waals surface area contributed by atoms with Crippen LogP contribution in [0.4, 0.5) is 0 Å². The molecule has 0 fully saturated rings. The summed E-state index contributed by atoms with van der Waals surface area (Å²) in [6, 6.07) is 10.1. The van der Waals surface area contributed by atoms with Gasteiger partial charge in [0.25, 0.3) is 0 Å². The van der Waals surface area contributed by atoms with Gasteiger partial charge in [0.2, 0.25) is 5.91 Å². The van der Waals surface area contributed by atoms with E-state index in [2.05, 4.69) is 19.2 Å². The molecular formula is C15H23NO2. The molecule has 0 bridgehead atoms. The Morgan fingerprint density at radius 2 is 1.94 bits per heavy atom. The highest BCUT2D eigenvalue weighted by molar-refractivity contribution is 5.76. The smallest absolute Gasteiger partial charge is 0.220 e. The van der Waals surface area contributed by atoms with E-state index in [4.69, 9.17) is 5.11 Å². The van der Waals surface area contributed by atoms with E-state index in [1.54, 1.807) is 0 Å². The molecule has 1 aromatic rings. The summed E-state index contributed by atoms with van der Waals surface area (Å²) in [6.45, 7) is 4.22. The Hall–Kier alpha value is -1.35. The van der Waals surface area contributed by atoms with Crippen LogP contribution in [-0.2, 0) is 11.2 Å². The molecule has 0 spiro atoms. The summed E-state index contributed by atoms with van der Waals surface area (Å²) in [5.41, 5.74) is 1.18. The van der Waals surface area contributed by atoms with Crippen LogP contribution in [0, 0.1) is 5.92 Å². The fourth-order valence-electron chi connectivity index (χ4n) is 1.89. The zero-order valence-electron chi connectivity index (χ0n) is 11.2. The molecule has 0 saturated carbocycles. The van der Waals surface area contributed by atoms with Crippen LogP contribution in [0.15, 0.2) is 30.3 Å². The number of hydrogen-bond donors (Lipinski definition) is 2. The number of carbonyl (C=O) groups excluding carboxylic acids is 1.